The highest BCUT2D eigenvalue weighted by Gasteiger charge is 2.00. The average Bonchev–Trinajstić information content (AvgIpc) is 2.09. The zero-order valence-corrected chi connectivity index (χ0v) is 8.37. The second kappa shape index (κ2) is 4.82. The van der Waals surface area contributed by atoms with Crippen molar-refractivity contribution in [2.45, 2.75) is 19.9 Å². The number of ether oxygens (including phenoxy) is 1. The van der Waals surface area contributed by atoms with Gasteiger partial charge in [0.2, 0.25) is 0 Å². The van der Waals surface area contributed by atoms with Gasteiger partial charge >= 0.3 is 0 Å². The van der Waals surface area contributed by atoms with Crippen LogP contribution in [-0.2, 0) is 4.74 Å². The Balaban J connectivity index is 2.49. The van der Waals surface area contributed by atoms with Gasteiger partial charge in [-0.25, -0.2) is 0 Å². The van der Waals surface area contributed by atoms with Crippen LogP contribution in [0.1, 0.15) is 12.6 Å². The Morgan fingerprint density at radius 1 is 1.54 bits per heavy atom. The Kier molecular flexibility index (Phi) is 3.71. The van der Waals surface area contributed by atoms with E-state index in [4.69, 9.17) is 4.74 Å². The molecule has 0 radical (unpaired) electrons. The van der Waals surface area contributed by atoms with E-state index >= 15 is 0 Å². The first-order valence-electron chi connectivity index (χ1n) is 4.40. The van der Waals surface area contributed by atoms with Crippen LogP contribution in [-0.4, -0.2) is 24.7 Å². The van der Waals surface area contributed by atoms with Gasteiger partial charge in [-0.05, 0) is 26.0 Å². The van der Waals surface area contributed by atoms with Crippen molar-refractivity contribution in [3.05, 3.63) is 24.0 Å². The largest absolute Gasteiger partial charge is 0.383 e. The smallest absolute Gasteiger partial charge is 0.0661 e. The van der Waals surface area contributed by atoms with Crippen LogP contribution in [0.4, 0.5) is 5.69 Å². The van der Waals surface area contributed by atoms with Crippen LogP contribution in [0.15, 0.2) is 18.3 Å². The predicted molar refractivity (Wildman–Crippen MR) is 53.9 cm³/mol. The number of rotatable bonds is 4. The molecule has 1 N–H and O–H groups in total. The molecule has 1 atom stereocenters. The number of hydrogen-bond acceptors (Lipinski definition) is 3. The van der Waals surface area contributed by atoms with Gasteiger partial charge in [0.05, 0.1) is 18.5 Å². The van der Waals surface area contributed by atoms with E-state index < -0.39 is 0 Å². The van der Waals surface area contributed by atoms with Gasteiger partial charge in [-0.1, -0.05) is 0 Å². The van der Waals surface area contributed by atoms with E-state index in [0.29, 0.717) is 12.6 Å². The minimum Gasteiger partial charge on any atom is -0.383 e. The van der Waals surface area contributed by atoms with Crippen molar-refractivity contribution >= 4 is 5.69 Å². The molecule has 0 saturated heterocycles. The Labute approximate surface area is 79.1 Å². The Morgan fingerprint density at radius 3 is 2.85 bits per heavy atom. The van der Waals surface area contributed by atoms with Crippen LogP contribution in [0.2, 0.25) is 0 Å². The summed E-state index contributed by atoms with van der Waals surface area (Å²) in [6.07, 6.45) is 1.83. The fraction of sp³-hybridized carbons (Fsp3) is 0.500. The van der Waals surface area contributed by atoms with E-state index in [1.54, 1.807) is 7.11 Å². The molecule has 1 heterocycles. The molecule has 13 heavy (non-hydrogen) atoms. The number of aromatic nitrogens is 1. The molecule has 0 unspecified atom stereocenters. The number of hydrogen-bond donors (Lipinski definition) is 1. The van der Waals surface area contributed by atoms with Crippen molar-refractivity contribution in [2.24, 2.45) is 0 Å². The summed E-state index contributed by atoms with van der Waals surface area (Å²) in [5.74, 6) is 0. The predicted octanol–water partition coefficient (Wildman–Crippen LogP) is 1.84. The third kappa shape index (κ3) is 3.42. The molecule has 0 amide bonds. The summed E-state index contributed by atoms with van der Waals surface area (Å²) in [5, 5.41) is 3.28. The lowest BCUT2D eigenvalue weighted by molar-refractivity contribution is 0.190. The molecule has 0 saturated carbocycles. The number of anilines is 1. The number of methoxy groups -OCH3 is 1. The lowest BCUT2D eigenvalue weighted by Crippen LogP contribution is -2.20. The fourth-order valence-electron chi connectivity index (χ4n) is 1.13. The first-order chi connectivity index (χ1) is 6.22. The van der Waals surface area contributed by atoms with Crippen molar-refractivity contribution < 1.29 is 4.74 Å². The van der Waals surface area contributed by atoms with Crippen molar-refractivity contribution in [3.8, 4) is 0 Å². The molecule has 1 aromatic heterocycles. The molecule has 3 heteroatoms. The van der Waals surface area contributed by atoms with Crippen molar-refractivity contribution in [1.29, 1.82) is 0 Å². The second-order valence-electron chi connectivity index (χ2n) is 3.19. The molecule has 72 valence electrons. The molecule has 1 aromatic rings. The first kappa shape index (κ1) is 9.99. The Morgan fingerprint density at radius 2 is 2.31 bits per heavy atom. The molecule has 0 fully saturated rings. The Hall–Kier alpha value is -1.09. The number of pyridine rings is 1. The van der Waals surface area contributed by atoms with Gasteiger partial charge in [-0.15, -0.1) is 0 Å². The van der Waals surface area contributed by atoms with Gasteiger partial charge < -0.3 is 10.1 Å². The SMILES string of the molecule is COC[C@@H](C)Nc1ccc(C)nc1. The van der Waals surface area contributed by atoms with E-state index in [1.165, 1.54) is 0 Å². The number of nitrogens with one attached hydrogen (secondary N) is 1. The van der Waals surface area contributed by atoms with E-state index in [2.05, 4.69) is 17.2 Å². The van der Waals surface area contributed by atoms with Gasteiger partial charge in [0.25, 0.3) is 0 Å². The molecule has 0 spiro atoms. The minimum absolute atomic E-state index is 0.314. The highest BCUT2D eigenvalue weighted by molar-refractivity contribution is 5.41. The van der Waals surface area contributed by atoms with Crippen molar-refractivity contribution in [2.75, 3.05) is 19.0 Å². The standard InChI is InChI=1S/C10H16N2O/c1-8-4-5-10(6-11-8)12-9(2)7-13-3/h4-6,9,12H,7H2,1-3H3/t9-/m1/s1. The van der Waals surface area contributed by atoms with Crippen LogP contribution in [0.25, 0.3) is 0 Å². The molecule has 0 aromatic carbocycles. The molecule has 1 rings (SSSR count). The van der Waals surface area contributed by atoms with Crippen molar-refractivity contribution in [3.63, 3.8) is 0 Å². The lowest BCUT2D eigenvalue weighted by atomic mass is 10.3. The summed E-state index contributed by atoms with van der Waals surface area (Å²) in [6, 6.07) is 4.32. The van der Waals surface area contributed by atoms with E-state index in [1.807, 2.05) is 25.3 Å². The topological polar surface area (TPSA) is 34.1 Å². The van der Waals surface area contributed by atoms with Crippen LogP contribution in [0, 0.1) is 6.92 Å². The average molecular weight is 180 g/mol. The molecule has 0 bridgehead atoms. The summed E-state index contributed by atoms with van der Waals surface area (Å²) < 4.78 is 5.02. The normalized spacial score (nSPS) is 12.5. The zero-order chi connectivity index (χ0) is 9.68. The van der Waals surface area contributed by atoms with Gasteiger partial charge in [0, 0.05) is 18.8 Å². The summed E-state index contributed by atoms with van der Waals surface area (Å²) in [4.78, 5) is 4.19. The summed E-state index contributed by atoms with van der Waals surface area (Å²) in [5.41, 5.74) is 2.07. The Bertz CT molecular complexity index is 246. The lowest BCUT2D eigenvalue weighted by Gasteiger charge is -2.13. The van der Waals surface area contributed by atoms with Crippen LogP contribution < -0.4 is 5.32 Å². The van der Waals surface area contributed by atoms with Crippen LogP contribution >= 0.6 is 0 Å². The maximum Gasteiger partial charge on any atom is 0.0661 e. The first-order valence-corrected chi connectivity index (χ1v) is 4.40. The van der Waals surface area contributed by atoms with Gasteiger partial charge in [-0.2, -0.15) is 0 Å². The summed E-state index contributed by atoms with van der Waals surface area (Å²) in [7, 11) is 1.70. The molecule has 0 aliphatic carbocycles. The summed E-state index contributed by atoms with van der Waals surface area (Å²) in [6.45, 7) is 4.75. The highest BCUT2D eigenvalue weighted by Crippen LogP contribution is 2.06. The van der Waals surface area contributed by atoms with E-state index in [0.717, 1.165) is 11.4 Å². The second-order valence-corrected chi connectivity index (χ2v) is 3.19. The van der Waals surface area contributed by atoms with Crippen LogP contribution in [0.3, 0.4) is 0 Å². The zero-order valence-electron chi connectivity index (χ0n) is 8.37. The van der Waals surface area contributed by atoms with Crippen LogP contribution in [0.5, 0.6) is 0 Å². The van der Waals surface area contributed by atoms with Crippen molar-refractivity contribution in [1.82, 2.24) is 4.98 Å². The minimum atomic E-state index is 0.314. The molecule has 0 aliphatic rings. The molecule has 0 aliphatic heterocycles. The van der Waals surface area contributed by atoms with Gasteiger partial charge in [-0.3, -0.25) is 4.98 Å². The fourth-order valence-corrected chi connectivity index (χ4v) is 1.13. The maximum atomic E-state index is 5.02. The van der Waals surface area contributed by atoms with Gasteiger partial charge in [0.1, 0.15) is 0 Å². The quantitative estimate of drug-likeness (QED) is 0.767. The highest BCUT2D eigenvalue weighted by atomic mass is 16.5. The summed E-state index contributed by atoms with van der Waals surface area (Å²) >= 11 is 0. The molecule has 3 nitrogen and oxygen atoms in total. The van der Waals surface area contributed by atoms with E-state index in [9.17, 15) is 0 Å². The number of aryl methyl sites for hydroxylation is 1. The maximum absolute atomic E-state index is 5.02. The third-order valence-corrected chi connectivity index (χ3v) is 1.74. The monoisotopic (exact) mass is 180 g/mol. The third-order valence-electron chi connectivity index (χ3n) is 1.74. The number of nitrogens with zero attached hydrogens (tertiary/aromatic N) is 1. The molecular formula is C10H16N2O. The van der Waals surface area contributed by atoms with Gasteiger partial charge in [0.15, 0.2) is 0 Å². The van der Waals surface area contributed by atoms with E-state index in [-0.39, 0.29) is 0 Å². The molecular weight excluding hydrogens is 164 g/mol.